The van der Waals surface area contributed by atoms with Gasteiger partial charge in [0, 0.05) is 6.04 Å². The minimum absolute atomic E-state index is 0.565. The topological polar surface area (TPSA) is 28.4 Å². The third-order valence-electron chi connectivity index (χ3n) is 3.25. The second-order valence-corrected chi connectivity index (χ2v) is 5.66. The van der Waals surface area contributed by atoms with Gasteiger partial charge in [0.05, 0.1) is 6.54 Å². The van der Waals surface area contributed by atoms with Crippen molar-refractivity contribution in [2.75, 3.05) is 20.1 Å². The molecule has 0 radical (unpaired) electrons. The molecule has 3 heteroatoms. The number of furan rings is 1. The van der Waals surface area contributed by atoms with Crippen molar-refractivity contribution in [3.05, 3.63) is 23.7 Å². The van der Waals surface area contributed by atoms with Gasteiger partial charge in [0.25, 0.3) is 0 Å². The Morgan fingerprint density at radius 2 is 2.00 bits per heavy atom. The molecule has 18 heavy (non-hydrogen) atoms. The van der Waals surface area contributed by atoms with E-state index in [2.05, 4.69) is 44.1 Å². The summed E-state index contributed by atoms with van der Waals surface area (Å²) >= 11 is 0. The fourth-order valence-electron chi connectivity index (χ4n) is 1.89. The average Bonchev–Trinajstić information content (AvgIpc) is 2.69. The fraction of sp³-hybridized carbons (Fsp3) is 0.733. The lowest BCUT2D eigenvalue weighted by molar-refractivity contribution is 0.217. The Hall–Kier alpha value is -0.800. The predicted molar refractivity (Wildman–Crippen MR) is 76.7 cm³/mol. The van der Waals surface area contributed by atoms with Gasteiger partial charge in [-0.15, -0.1) is 0 Å². The van der Waals surface area contributed by atoms with Crippen LogP contribution in [-0.2, 0) is 6.54 Å². The van der Waals surface area contributed by atoms with Crippen molar-refractivity contribution >= 4 is 0 Å². The molecule has 0 saturated heterocycles. The van der Waals surface area contributed by atoms with Crippen LogP contribution in [0, 0.1) is 12.8 Å². The number of nitrogens with one attached hydrogen (secondary N) is 1. The Morgan fingerprint density at radius 3 is 2.56 bits per heavy atom. The number of nitrogens with zero attached hydrogens (tertiary/aromatic N) is 1. The van der Waals surface area contributed by atoms with Crippen LogP contribution in [0.5, 0.6) is 0 Å². The van der Waals surface area contributed by atoms with Gasteiger partial charge in [-0.05, 0) is 58.5 Å². The van der Waals surface area contributed by atoms with Gasteiger partial charge in [-0.3, -0.25) is 4.90 Å². The molecule has 0 saturated carbocycles. The Labute approximate surface area is 112 Å². The highest BCUT2D eigenvalue weighted by atomic mass is 16.3. The van der Waals surface area contributed by atoms with Crippen molar-refractivity contribution in [2.45, 2.75) is 46.7 Å². The van der Waals surface area contributed by atoms with E-state index in [0.29, 0.717) is 6.04 Å². The highest BCUT2D eigenvalue weighted by molar-refractivity contribution is 5.05. The van der Waals surface area contributed by atoms with Crippen LogP contribution in [0.1, 0.15) is 38.7 Å². The second kappa shape index (κ2) is 7.59. The van der Waals surface area contributed by atoms with Gasteiger partial charge in [-0.25, -0.2) is 0 Å². The molecule has 1 unspecified atom stereocenters. The maximum absolute atomic E-state index is 5.60. The lowest BCUT2D eigenvalue weighted by Crippen LogP contribution is -2.32. The molecule has 1 N–H and O–H groups in total. The fourth-order valence-corrected chi connectivity index (χ4v) is 1.89. The molecule has 3 nitrogen and oxygen atoms in total. The molecule has 104 valence electrons. The third-order valence-corrected chi connectivity index (χ3v) is 3.25. The van der Waals surface area contributed by atoms with Crippen molar-refractivity contribution in [2.24, 2.45) is 5.92 Å². The van der Waals surface area contributed by atoms with E-state index in [4.69, 9.17) is 4.42 Å². The molecule has 0 bridgehead atoms. The smallest absolute Gasteiger partial charge is 0.118 e. The standard InChI is InChI=1S/C15H28N2O/c1-12(2)10-16-9-8-13(3)17(5)11-15-7-6-14(4)18-15/h6-7,12-13,16H,8-11H2,1-5H3. The summed E-state index contributed by atoms with van der Waals surface area (Å²) in [5, 5.41) is 3.49. The van der Waals surface area contributed by atoms with E-state index in [1.807, 2.05) is 13.0 Å². The van der Waals surface area contributed by atoms with E-state index < -0.39 is 0 Å². The van der Waals surface area contributed by atoms with E-state index in [9.17, 15) is 0 Å². The summed E-state index contributed by atoms with van der Waals surface area (Å²) < 4.78 is 5.60. The Bertz CT molecular complexity index is 333. The molecule has 0 aliphatic rings. The summed E-state index contributed by atoms with van der Waals surface area (Å²) in [6.45, 7) is 11.8. The van der Waals surface area contributed by atoms with Crippen LogP contribution in [0.25, 0.3) is 0 Å². The molecule has 1 rings (SSSR count). The second-order valence-electron chi connectivity index (χ2n) is 5.66. The van der Waals surface area contributed by atoms with Crippen molar-refractivity contribution in [3.8, 4) is 0 Å². The van der Waals surface area contributed by atoms with Gasteiger partial charge in [0.15, 0.2) is 0 Å². The summed E-state index contributed by atoms with van der Waals surface area (Å²) in [5.41, 5.74) is 0. The summed E-state index contributed by atoms with van der Waals surface area (Å²) in [4.78, 5) is 2.34. The summed E-state index contributed by atoms with van der Waals surface area (Å²) in [6.07, 6.45) is 1.17. The lowest BCUT2D eigenvalue weighted by Gasteiger charge is -2.24. The molecule has 0 aromatic carbocycles. The van der Waals surface area contributed by atoms with Crippen molar-refractivity contribution < 1.29 is 4.42 Å². The zero-order valence-electron chi connectivity index (χ0n) is 12.5. The van der Waals surface area contributed by atoms with E-state index in [1.54, 1.807) is 0 Å². The van der Waals surface area contributed by atoms with Gasteiger partial charge >= 0.3 is 0 Å². The van der Waals surface area contributed by atoms with Crippen LogP contribution in [-0.4, -0.2) is 31.1 Å². The quantitative estimate of drug-likeness (QED) is 0.721. The van der Waals surface area contributed by atoms with Crippen LogP contribution in [0.2, 0.25) is 0 Å². The van der Waals surface area contributed by atoms with Gasteiger partial charge in [-0.2, -0.15) is 0 Å². The van der Waals surface area contributed by atoms with E-state index >= 15 is 0 Å². The maximum atomic E-state index is 5.60. The first kappa shape index (κ1) is 15.3. The molecular formula is C15H28N2O. The van der Waals surface area contributed by atoms with E-state index in [1.165, 1.54) is 6.42 Å². The molecule has 0 fully saturated rings. The summed E-state index contributed by atoms with van der Waals surface area (Å²) in [6, 6.07) is 4.66. The third kappa shape index (κ3) is 5.69. The first-order valence-electron chi connectivity index (χ1n) is 6.95. The largest absolute Gasteiger partial charge is 0.465 e. The molecule has 1 heterocycles. The van der Waals surface area contributed by atoms with Gasteiger partial charge in [0.1, 0.15) is 11.5 Å². The van der Waals surface area contributed by atoms with Crippen LogP contribution >= 0.6 is 0 Å². The maximum Gasteiger partial charge on any atom is 0.118 e. The van der Waals surface area contributed by atoms with E-state index in [0.717, 1.165) is 37.1 Å². The van der Waals surface area contributed by atoms with Gasteiger partial charge in [0.2, 0.25) is 0 Å². The minimum atomic E-state index is 0.565. The van der Waals surface area contributed by atoms with Crippen LogP contribution in [0.3, 0.4) is 0 Å². The normalized spacial score (nSPS) is 13.5. The number of rotatable bonds is 8. The van der Waals surface area contributed by atoms with Crippen molar-refractivity contribution in [1.29, 1.82) is 0 Å². The lowest BCUT2D eigenvalue weighted by atomic mass is 10.2. The summed E-state index contributed by atoms with van der Waals surface area (Å²) in [5.74, 6) is 2.77. The first-order valence-corrected chi connectivity index (χ1v) is 6.95. The van der Waals surface area contributed by atoms with Crippen LogP contribution in [0.4, 0.5) is 0 Å². The van der Waals surface area contributed by atoms with Gasteiger partial charge in [-0.1, -0.05) is 13.8 Å². The van der Waals surface area contributed by atoms with Crippen molar-refractivity contribution in [3.63, 3.8) is 0 Å². The summed E-state index contributed by atoms with van der Waals surface area (Å²) in [7, 11) is 2.16. The Kier molecular flexibility index (Phi) is 6.44. The van der Waals surface area contributed by atoms with Crippen LogP contribution in [0.15, 0.2) is 16.5 Å². The highest BCUT2D eigenvalue weighted by Gasteiger charge is 2.11. The number of hydrogen-bond acceptors (Lipinski definition) is 3. The molecule has 1 aromatic heterocycles. The minimum Gasteiger partial charge on any atom is -0.465 e. The van der Waals surface area contributed by atoms with E-state index in [-0.39, 0.29) is 0 Å². The van der Waals surface area contributed by atoms with Gasteiger partial charge < -0.3 is 9.73 Å². The Balaban J connectivity index is 2.22. The number of hydrogen-bond donors (Lipinski definition) is 1. The monoisotopic (exact) mass is 252 g/mol. The molecule has 0 aliphatic carbocycles. The highest BCUT2D eigenvalue weighted by Crippen LogP contribution is 2.11. The molecule has 1 aromatic rings. The first-order chi connectivity index (χ1) is 8.49. The molecule has 0 aliphatic heterocycles. The average molecular weight is 252 g/mol. The van der Waals surface area contributed by atoms with Crippen molar-refractivity contribution in [1.82, 2.24) is 10.2 Å². The zero-order valence-corrected chi connectivity index (χ0v) is 12.5. The molecule has 1 atom stereocenters. The molecular weight excluding hydrogens is 224 g/mol. The Morgan fingerprint density at radius 1 is 1.28 bits per heavy atom. The predicted octanol–water partition coefficient (Wildman–Crippen LogP) is 3.04. The SMILES string of the molecule is Cc1ccc(CN(C)C(C)CCNCC(C)C)o1. The van der Waals surface area contributed by atoms with Crippen LogP contribution < -0.4 is 5.32 Å². The zero-order chi connectivity index (χ0) is 13.5. The molecule has 0 amide bonds. The molecule has 0 spiro atoms. The number of aryl methyl sites for hydroxylation is 1.